The average Bonchev–Trinajstić information content (AvgIpc) is 2.95. The van der Waals surface area contributed by atoms with Gasteiger partial charge < -0.3 is 16.0 Å². The zero-order valence-corrected chi connectivity index (χ0v) is 12.0. The van der Waals surface area contributed by atoms with E-state index in [1.165, 1.54) is 11.5 Å². The summed E-state index contributed by atoms with van der Waals surface area (Å²) in [5.74, 6) is 0.514. The van der Waals surface area contributed by atoms with Gasteiger partial charge in [0, 0.05) is 24.2 Å². The standard InChI is InChI=1S/C11H13N5OS2/c1-6-5-18-10(14-6)8-9(12)15-19-11(8)16-3-2-13-7(17)4-16/h5H,2-4H2,1H3,(H2,12,15)(H,13,17). The number of carbonyl (C=O) groups excluding carboxylic acids is 1. The maximum absolute atomic E-state index is 11.5. The number of amides is 1. The van der Waals surface area contributed by atoms with Gasteiger partial charge in [0.15, 0.2) is 0 Å². The Hall–Kier alpha value is -1.67. The van der Waals surface area contributed by atoms with E-state index in [1.807, 2.05) is 17.2 Å². The molecule has 1 aliphatic heterocycles. The summed E-state index contributed by atoms with van der Waals surface area (Å²) >= 11 is 2.88. The van der Waals surface area contributed by atoms with Crippen LogP contribution in [0.3, 0.4) is 0 Å². The average molecular weight is 295 g/mol. The van der Waals surface area contributed by atoms with E-state index in [2.05, 4.69) is 14.7 Å². The Bertz CT molecular complexity index is 620. The molecule has 3 N–H and O–H groups in total. The van der Waals surface area contributed by atoms with Crippen molar-refractivity contribution < 1.29 is 4.79 Å². The van der Waals surface area contributed by atoms with E-state index < -0.39 is 0 Å². The first kappa shape index (κ1) is 12.4. The molecule has 0 unspecified atom stereocenters. The largest absolute Gasteiger partial charge is 0.382 e. The first-order valence-electron chi connectivity index (χ1n) is 5.84. The monoisotopic (exact) mass is 295 g/mol. The molecule has 6 nitrogen and oxygen atoms in total. The summed E-state index contributed by atoms with van der Waals surface area (Å²) in [6.07, 6.45) is 0. The lowest BCUT2D eigenvalue weighted by molar-refractivity contribution is -0.120. The molecule has 1 aliphatic rings. The third-order valence-corrected chi connectivity index (χ3v) is 4.76. The minimum atomic E-state index is 0.0273. The van der Waals surface area contributed by atoms with Crippen LogP contribution in [-0.4, -0.2) is 34.9 Å². The van der Waals surface area contributed by atoms with Gasteiger partial charge >= 0.3 is 0 Å². The third kappa shape index (κ3) is 2.28. The Morgan fingerprint density at radius 3 is 3.05 bits per heavy atom. The SMILES string of the molecule is Cc1csc(-c2c(N)nsc2N2CCNC(=O)C2)n1. The molecule has 3 heterocycles. The van der Waals surface area contributed by atoms with Gasteiger partial charge in [-0.2, -0.15) is 4.37 Å². The van der Waals surface area contributed by atoms with Crippen LogP contribution in [0.4, 0.5) is 10.8 Å². The maximum Gasteiger partial charge on any atom is 0.239 e. The number of hydrogen-bond donors (Lipinski definition) is 2. The van der Waals surface area contributed by atoms with Gasteiger partial charge in [-0.15, -0.1) is 11.3 Å². The van der Waals surface area contributed by atoms with E-state index in [4.69, 9.17) is 5.73 Å². The van der Waals surface area contributed by atoms with Gasteiger partial charge in [0.25, 0.3) is 0 Å². The Labute approximate surface area is 118 Å². The number of piperazine rings is 1. The number of aromatic nitrogens is 2. The Kier molecular flexibility index (Phi) is 3.11. The molecule has 0 atom stereocenters. The molecule has 1 amide bonds. The van der Waals surface area contributed by atoms with Crippen LogP contribution in [0.25, 0.3) is 10.6 Å². The maximum atomic E-state index is 11.5. The first-order valence-corrected chi connectivity index (χ1v) is 7.50. The lowest BCUT2D eigenvalue weighted by Gasteiger charge is -2.27. The van der Waals surface area contributed by atoms with Crippen LogP contribution < -0.4 is 16.0 Å². The minimum absolute atomic E-state index is 0.0273. The van der Waals surface area contributed by atoms with Gasteiger partial charge in [0.1, 0.15) is 15.8 Å². The molecule has 1 fully saturated rings. The van der Waals surface area contributed by atoms with Crippen molar-refractivity contribution in [2.24, 2.45) is 0 Å². The fourth-order valence-corrected chi connectivity index (χ4v) is 3.75. The van der Waals surface area contributed by atoms with Gasteiger partial charge in [0.2, 0.25) is 5.91 Å². The van der Waals surface area contributed by atoms with Crippen LogP contribution in [-0.2, 0) is 4.79 Å². The second-order valence-corrected chi connectivity index (χ2v) is 5.92. The molecule has 0 radical (unpaired) electrons. The summed E-state index contributed by atoms with van der Waals surface area (Å²) in [6, 6.07) is 0. The fraction of sp³-hybridized carbons (Fsp3) is 0.364. The third-order valence-electron chi connectivity index (χ3n) is 2.86. The zero-order chi connectivity index (χ0) is 13.4. The van der Waals surface area contributed by atoms with Crippen molar-refractivity contribution in [2.75, 3.05) is 30.3 Å². The number of nitrogens with one attached hydrogen (secondary N) is 1. The van der Waals surface area contributed by atoms with Crippen molar-refractivity contribution in [1.29, 1.82) is 0 Å². The molecule has 2 aromatic heterocycles. The van der Waals surface area contributed by atoms with Gasteiger partial charge in [-0.25, -0.2) is 4.98 Å². The summed E-state index contributed by atoms with van der Waals surface area (Å²) in [6.45, 7) is 3.71. The molecule has 0 bridgehead atoms. The number of rotatable bonds is 2. The molecular weight excluding hydrogens is 282 g/mol. The van der Waals surface area contributed by atoms with Crippen molar-refractivity contribution in [3.8, 4) is 10.6 Å². The normalized spacial score (nSPS) is 15.6. The summed E-state index contributed by atoms with van der Waals surface area (Å²) in [5, 5.41) is 6.59. The second-order valence-electron chi connectivity index (χ2n) is 4.31. The van der Waals surface area contributed by atoms with Crippen LogP contribution in [0.2, 0.25) is 0 Å². The van der Waals surface area contributed by atoms with E-state index in [-0.39, 0.29) is 5.91 Å². The van der Waals surface area contributed by atoms with Gasteiger partial charge in [-0.1, -0.05) is 0 Å². The highest BCUT2D eigenvalue weighted by atomic mass is 32.1. The molecule has 0 saturated carbocycles. The lowest BCUT2D eigenvalue weighted by atomic mass is 10.2. The Morgan fingerprint density at radius 1 is 1.53 bits per heavy atom. The summed E-state index contributed by atoms with van der Waals surface area (Å²) in [4.78, 5) is 18.0. The topological polar surface area (TPSA) is 84.1 Å². The molecule has 8 heteroatoms. The van der Waals surface area contributed by atoms with E-state index in [0.29, 0.717) is 18.9 Å². The Morgan fingerprint density at radius 2 is 2.37 bits per heavy atom. The number of aryl methyl sites for hydroxylation is 1. The summed E-state index contributed by atoms with van der Waals surface area (Å²) < 4.78 is 4.22. The number of thiazole rings is 1. The number of anilines is 2. The number of nitrogens with zero attached hydrogens (tertiary/aromatic N) is 3. The van der Waals surface area contributed by atoms with Crippen molar-refractivity contribution in [3.63, 3.8) is 0 Å². The van der Waals surface area contributed by atoms with Crippen molar-refractivity contribution in [2.45, 2.75) is 6.92 Å². The van der Waals surface area contributed by atoms with E-state index in [9.17, 15) is 4.79 Å². The predicted molar refractivity (Wildman–Crippen MR) is 77.6 cm³/mol. The Balaban J connectivity index is 2.00. The molecule has 3 rings (SSSR count). The van der Waals surface area contributed by atoms with E-state index in [1.54, 1.807) is 11.3 Å². The lowest BCUT2D eigenvalue weighted by Crippen LogP contribution is -2.47. The minimum Gasteiger partial charge on any atom is -0.382 e. The number of nitrogens with two attached hydrogens (primary N) is 1. The molecule has 0 aliphatic carbocycles. The molecule has 1 saturated heterocycles. The van der Waals surface area contributed by atoms with Gasteiger partial charge in [-0.05, 0) is 18.5 Å². The fourth-order valence-electron chi connectivity index (χ4n) is 1.99. The zero-order valence-electron chi connectivity index (χ0n) is 10.3. The number of nitrogen functional groups attached to an aromatic ring is 1. The molecule has 2 aromatic rings. The predicted octanol–water partition coefficient (Wildman–Crippen LogP) is 1.09. The quantitative estimate of drug-likeness (QED) is 0.866. The van der Waals surface area contributed by atoms with Crippen molar-refractivity contribution in [1.82, 2.24) is 14.7 Å². The molecular formula is C11H13N5OS2. The van der Waals surface area contributed by atoms with Gasteiger partial charge in [0.05, 0.1) is 12.1 Å². The highest BCUT2D eigenvalue weighted by Gasteiger charge is 2.25. The first-order chi connectivity index (χ1) is 9.15. The number of hydrogen-bond acceptors (Lipinski definition) is 7. The summed E-state index contributed by atoms with van der Waals surface area (Å²) in [5.41, 5.74) is 7.79. The van der Waals surface area contributed by atoms with Gasteiger partial charge in [-0.3, -0.25) is 4.79 Å². The molecule has 0 spiro atoms. The van der Waals surface area contributed by atoms with Crippen LogP contribution in [0, 0.1) is 6.92 Å². The van der Waals surface area contributed by atoms with E-state index >= 15 is 0 Å². The van der Waals surface area contributed by atoms with E-state index in [0.717, 1.165) is 27.8 Å². The van der Waals surface area contributed by atoms with Crippen LogP contribution in [0.5, 0.6) is 0 Å². The van der Waals surface area contributed by atoms with Crippen molar-refractivity contribution in [3.05, 3.63) is 11.1 Å². The smallest absolute Gasteiger partial charge is 0.239 e. The van der Waals surface area contributed by atoms with Crippen LogP contribution in [0.1, 0.15) is 5.69 Å². The highest BCUT2D eigenvalue weighted by Crippen LogP contribution is 2.40. The van der Waals surface area contributed by atoms with Crippen LogP contribution >= 0.6 is 22.9 Å². The molecule has 19 heavy (non-hydrogen) atoms. The molecule has 100 valence electrons. The van der Waals surface area contributed by atoms with Crippen LogP contribution in [0.15, 0.2) is 5.38 Å². The van der Waals surface area contributed by atoms with Crippen molar-refractivity contribution >= 4 is 39.6 Å². The second kappa shape index (κ2) is 4.78. The number of carbonyl (C=O) groups is 1. The summed E-state index contributed by atoms with van der Waals surface area (Å²) in [7, 11) is 0. The highest BCUT2D eigenvalue weighted by molar-refractivity contribution is 7.15. The molecule has 0 aromatic carbocycles.